The number of aryl methyl sites for hydroxylation is 3. The largest absolute Gasteiger partial charge is 0.316 e. The van der Waals surface area contributed by atoms with Gasteiger partial charge in [-0.25, -0.2) is 0 Å². The van der Waals surface area contributed by atoms with Crippen LogP contribution in [0.3, 0.4) is 0 Å². The summed E-state index contributed by atoms with van der Waals surface area (Å²) in [6.45, 7) is 5.32. The number of aromatic nitrogens is 2. The van der Waals surface area contributed by atoms with Crippen LogP contribution in [0.15, 0.2) is 18.3 Å². The smallest absolute Gasteiger partial charge is 0.293 e. The fourth-order valence-electron chi connectivity index (χ4n) is 1.82. The molecule has 1 aromatic carbocycles. The van der Waals surface area contributed by atoms with Crippen LogP contribution in [0.2, 0.25) is 0 Å². The zero-order valence-electron chi connectivity index (χ0n) is 11.4. The number of carbonyl (C=O) groups is 1. The van der Waals surface area contributed by atoms with E-state index in [-0.39, 0.29) is 11.4 Å². The van der Waals surface area contributed by atoms with Crippen molar-refractivity contribution in [2.75, 3.05) is 5.32 Å². The topological polar surface area (TPSA) is 101 Å². The third-order valence-electron chi connectivity index (χ3n) is 3.13. The maximum absolute atomic E-state index is 12.1. The minimum Gasteiger partial charge on any atom is -0.316 e. The van der Waals surface area contributed by atoms with E-state index in [1.807, 2.05) is 6.92 Å². The number of anilines is 1. The van der Waals surface area contributed by atoms with Gasteiger partial charge in [-0.3, -0.25) is 20.0 Å². The Morgan fingerprint density at radius 3 is 2.50 bits per heavy atom. The zero-order valence-corrected chi connectivity index (χ0v) is 11.4. The van der Waals surface area contributed by atoms with E-state index in [2.05, 4.69) is 15.5 Å². The second-order valence-electron chi connectivity index (χ2n) is 4.57. The molecule has 0 atom stereocenters. The van der Waals surface area contributed by atoms with Gasteiger partial charge in [-0.1, -0.05) is 0 Å². The molecule has 0 aliphatic rings. The number of aromatic amines is 1. The van der Waals surface area contributed by atoms with Gasteiger partial charge in [0.15, 0.2) is 0 Å². The summed E-state index contributed by atoms with van der Waals surface area (Å²) in [4.78, 5) is 22.6. The van der Waals surface area contributed by atoms with Gasteiger partial charge in [-0.15, -0.1) is 0 Å². The van der Waals surface area contributed by atoms with Gasteiger partial charge >= 0.3 is 0 Å². The summed E-state index contributed by atoms with van der Waals surface area (Å²) < 4.78 is 0. The molecule has 0 aliphatic heterocycles. The first-order valence-electron chi connectivity index (χ1n) is 5.97. The summed E-state index contributed by atoms with van der Waals surface area (Å²) in [6.07, 6.45) is 1.39. The predicted octanol–water partition coefficient (Wildman–Crippen LogP) is 2.50. The first-order valence-corrected chi connectivity index (χ1v) is 5.97. The number of benzene rings is 1. The minimum atomic E-state index is -0.510. The van der Waals surface area contributed by atoms with Crippen molar-refractivity contribution in [3.05, 3.63) is 50.8 Å². The standard InChI is InChI=1S/C13H14N4O3/c1-7-4-11(12(17(19)20)5-8(7)2)15-13(18)10-6-14-16-9(10)3/h4-6H,1-3H3,(H,14,16)(H,15,18). The van der Waals surface area contributed by atoms with E-state index in [0.717, 1.165) is 11.1 Å². The van der Waals surface area contributed by atoms with Gasteiger partial charge in [0, 0.05) is 11.8 Å². The highest BCUT2D eigenvalue weighted by atomic mass is 16.6. The van der Waals surface area contributed by atoms with Gasteiger partial charge in [0.2, 0.25) is 0 Å². The number of rotatable bonds is 3. The van der Waals surface area contributed by atoms with E-state index >= 15 is 0 Å². The average Bonchev–Trinajstić information content (AvgIpc) is 2.79. The molecule has 7 nitrogen and oxygen atoms in total. The lowest BCUT2D eigenvalue weighted by atomic mass is 10.1. The molecule has 1 amide bonds. The Morgan fingerprint density at radius 1 is 1.30 bits per heavy atom. The van der Waals surface area contributed by atoms with E-state index in [1.54, 1.807) is 19.9 Å². The van der Waals surface area contributed by atoms with Crippen LogP contribution in [0.5, 0.6) is 0 Å². The summed E-state index contributed by atoms with van der Waals surface area (Å²) in [7, 11) is 0. The molecule has 7 heteroatoms. The molecule has 2 rings (SSSR count). The number of nitro groups is 1. The monoisotopic (exact) mass is 274 g/mol. The van der Waals surface area contributed by atoms with Gasteiger partial charge in [0.05, 0.1) is 16.7 Å². The first kappa shape index (κ1) is 13.7. The van der Waals surface area contributed by atoms with Crippen LogP contribution in [0.25, 0.3) is 0 Å². The fourth-order valence-corrected chi connectivity index (χ4v) is 1.82. The van der Waals surface area contributed by atoms with Crippen LogP contribution in [0, 0.1) is 30.9 Å². The molecule has 0 spiro atoms. The molecule has 0 saturated carbocycles. The van der Waals surface area contributed by atoms with Crippen LogP contribution in [0.1, 0.15) is 27.2 Å². The summed E-state index contributed by atoms with van der Waals surface area (Å²) >= 11 is 0. The maximum Gasteiger partial charge on any atom is 0.293 e. The number of H-pyrrole nitrogens is 1. The summed E-state index contributed by atoms with van der Waals surface area (Å²) in [5, 5.41) is 20.0. The normalized spacial score (nSPS) is 10.3. The van der Waals surface area contributed by atoms with Crippen molar-refractivity contribution in [2.45, 2.75) is 20.8 Å². The highest BCUT2D eigenvalue weighted by Gasteiger charge is 2.19. The lowest BCUT2D eigenvalue weighted by Crippen LogP contribution is -2.14. The third-order valence-corrected chi connectivity index (χ3v) is 3.13. The molecule has 2 aromatic rings. The average molecular weight is 274 g/mol. The van der Waals surface area contributed by atoms with Gasteiger partial charge in [-0.05, 0) is 38.0 Å². The van der Waals surface area contributed by atoms with Crippen molar-refractivity contribution in [3.8, 4) is 0 Å². The molecule has 0 saturated heterocycles. The molecular weight excluding hydrogens is 260 g/mol. The SMILES string of the molecule is Cc1cc(NC(=O)c2cn[nH]c2C)c([N+](=O)[O-])cc1C. The first-order chi connectivity index (χ1) is 9.40. The molecule has 0 unspecified atom stereocenters. The number of amides is 1. The van der Waals surface area contributed by atoms with Crippen LogP contribution < -0.4 is 5.32 Å². The summed E-state index contributed by atoms with van der Waals surface area (Å²) in [5.41, 5.74) is 2.70. The zero-order chi connectivity index (χ0) is 14.9. The van der Waals surface area contributed by atoms with Crippen molar-refractivity contribution >= 4 is 17.3 Å². The van der Waals surface area contributed by atoms with E-state index in [9.17, 15) is 14.9 Å². The van der Waals surface area contributed by atoms with Gasteiger partial charge in [0.1, 0.15) is 5.69 Å². The van der Waals surface area contributed by atoms with Crippen molar-refractivity contribution in [1.29, 1.82) is 0 Å². The molecular formula is C13H14N4O3. The Hall–Kier alpha value is -2.70. The second-order valence-corrected chi connectivity index (χ2v) is 4.57. The maximum atomic E-state index is 12.1. The number of nitrogens with one attached hydrogen (secondary N) is 2. The minimum absolute atomic E-state index is 0.123. The molecule has 20 heavy (non-hydrogen) atoms. The Balaban J connectivity index is 2.38. The van der Waals surface area contributed by atoms with Crippen LogP contribution in [-0.4, -0.2) is 21.0 Å². The molecule has 2 N–H and O–H groups in total. The molecule has 104 valence electrons. The van der Waals surface area contributed by atoms with Crippen LogP contribution in [-0.2, 0) is 0 Å². The molecule has 1 aromatic heterocycles. The summed E-state index contributed by atoms with van der Waals surface area (Å²) in [6, 6.07) is 3.05. The quantitative estimate of drug-likeness (QED) is 0.663. The number of carbonyl (C=O) groups excluding carboxylic acids is 1. The molecule has 0 bridgehead atoms. The lowest BCUT2D eigenvalue weighted by Gasteiger charge is -2.08. The molecule has 1 heterocycles. The van der Waals surface area contributed by atoms with Gasteiger partial charge in [-0.2, -0.15) is 5.10 Å². The number of hydrogen-bond acceptors (Lipinski definition) is 4. The van der Waals surface area contributed by atoms with E-state index < -0.39 is 10.8 Å². The van der Waals surface area contributed by atoms with Gasteiger partial charge in [0.25, 0.3) is 11.6 Å². The van der Waals surface area contributed by atoms with Crippen molar-refractivity contribution in [3.63, 3.8) is 0 Å². The Kier molecular flexibility index (Phi) is 3.51. The summed E-state index contributed by atoms with van der Waals surface area (Å²) in [5.74, 6) is -0.428. The predicted molar refractivity (Wildman–Crippen MR) is 73.8 cm³/mol. The van der Waals surface area contributed by atoms with Crippen LogP contribution >= 0.6 is 0 Å². The van der Waals surface area contributed by atoms with E-state index in [1.165, 1.54) is 12.3 Å². The number of hydrogen-bond donors (Lipinski definition) is 2. The van der Waals surface area contributed by atoms with Crippen LogP contribution in [0.4, 0.5) is 11.4 Å². The second kappa shape index (κ2) is 5.12. The number of nitro benzene ring substituents is 1. The van der Waals surface area contributed by atoms with E-state index in [4.69, 9.17) is 0 Å². The van der Waals surface area contributed by atoms with Crippen molar-refractivity contribution in [2.24, 2.45) is 0 Å². The van der Waals surface area contributed by atoms with Crippen molar-refractivity contribution < 1.29 is 9.72 Å². The third kappa shape index (κ3) is 2.51. The van der Waals surface area contributed by atoms with Gasteiger partial charge < -0.3 is 5.32 Å². The molecule has 0 aliphatic carbocycles. The molecule has 0 radical (unpaired) electrons. The fraction of sp³-hybridized carbons (Fsp3) is 0.231. The van der Waals surface area contributed by atoms with Crippen molar-refractivity contribution in [1.82, 2.24) is 10.2 Å². The number of nitrogens with zero attached hydrogens (tertiary/aromatic N) is 2. The Bertz CT molecular complexity index is 691. The Labute approximate surface area is 115 Å². The lowest BCUT2D eigenvalue weighted by molar-refractivity contribution is -0.384. The van der Waals surface area contributed by atoms with E-state index in [0.29, 0.717) is 11.3 Å². The highest BCUT2D eigenvalue weighted by Crippen LogP contribution is 2.28. The Morgan fingerprint density at radius 2 is 1.95 bits per heavy atom. The molecule has 0 fully saturated rings. The highest BCUT2D eigenvalue weighted by molar-refractivity contribution is 6.06.